The number of halogens is 1. The van der Waals surface area contributed by atoms with Crippen LogP contribution in [0.25, 0.3) is 34.0 Å². The Hall–Kier alpha value is -4.53. The third-order valence-electron chi connectivity index (χ3n) is 7.67. The summed E-state index contributed by atoms with van der Waals surface area (Å²) in [6.07, 6.45) is 4.00. The van der Waals surface area contributed by atoms with Crippen LogP contribution in [0.1, 0.15) is 24.0 Å². The van der Waals surface area contributed by atoms with Gasteiger partial charge in [-0.05, 0) is 34.9 Å². The number of benzene rings is 3. The fraction of sp³-hybridized carbons (Fsp3) is 0.212. The molecule has 0 atom stereocenters. The summed E-state index contributed by atoms with van der Waals surface area (Å²) >= 11 is 6.58. The molecule has 1 aliphatic rings. The second-order valence-electron chi connectivity index (χ2n) is 10.5. The highest BCUT2D eigenvalue weighted by atomic mass is 35.5. The Morgan fingerprint density at radius 3 is 2.38 bits per heavy atom. The molecule has 9 heteroatoms. The summed E-state index contributed by atoms with van der Waals surface area (Å²) in [5.74, 6) is 0.908. The van der Waals surface area contributed by atoms with E-state index in [0.717, 1.165) is 53.0 Å². The molecule has 1 aliphatic heterocycles. The molecule has 1 N–H and O–H groups in total. The lowest BCUT2D eigenvalue weighted by molar-refractivity contribution is -0.0570. The average Bonchev–Trinajstić information content (AvgIpc) is 3.50. The van der Waals surface area contributed by atoms with Crippen molar-refractivity contribution in [2.24, 2.45) is 0 Å². The van der Waals surface area contributed by atoms with Crippen LogP contribution >= 0.6 is 11.6 Å². The first-order chi connectivity index (χ1) is 20.5. The fourth-order valence-corrected chi connectivity index (χ4v) is 5.76. The van der Waals surface area contributed by atoms with Gasteiger partial charge in [-0.15, -0.1) is 0 Å². The highest BCUT2D eigenvalue weighted by Gasteiger charge is 2.38. The first-order valence-electron chi connectivity index (χ1n) is 13.8. The van der Waals surface area contributed by atoms with Gasteiger partial charge in [0, 0.05) is 73.0 Å². The number of ether oxygens (including phenoxy) is 1. The van der Waals surface area contributed by atoms with E-state index >= 15 is 0 Å². The highest BCUT2D eigenvalue weighted by Crippen LogP contribution is 2.33. The molecule has 2 aromatic heterocycles. The number of carbonyl (C=O) groups is 1. The third kappa shape index (κ3) is 6.35. The van der Waals surface area contributed by atoms with Crippen LogP contribution in [0.5, 0.6) is 0 Å². The molecule has 8 nitrogen and oxygen atoms in total. The van der Waals surface area contributed by atoms with Crippen molar-refractivity contribution in [2.45, 2.75) is 31.4 Å². The molecule has 0 bridgehead atoms. The topological polar surface area (TPSA) is 102 Å². The van der Waals surface area contributed by atoms with Gasteiger partial charge in [0.05, 0.1) is 0 Å². The zero-order chi connectivity index (χ0) is 28.9. The van der Waals surface area contributed by atoms with Gasteiger partial charge in [-0.3, -0.25) is 9.88 Å². The molecule has 1 fully saturated rings. The van der Waals surface area contributed by atoms with E-state index in [-0.39, 0.29) is 0 Å². The predicted octanol–water partition coefficient (Wildman–Crippen LogP) is 7.39. The van der Waals surface area contributed by atoms with Crippen LogP contribution in [0.15, 0.2) is 102 Å². The van der Waals surface area contributed by atoms with Gasteiger partial charge in [0.15, 0.2) is 0 Å². The number of likely N-dealkylation sites (tertiary alicyclic amines) is 1. The maximum Gasteiger partial charge on any atom is 0.506 e. The summed E-state index contributed by atoms with van der Waals surface area (Å²) < 4.78 is 11.0. The van der Waals surface area contributed by atoms with Crippen LogP contribution < -0.4 is 0 Å². The number of hydrogen-bond acceptors (Lipinski definition) is 7. The van der Waals surface area contributed by atoms with Gasteiger partial charge in [0.25, 0.3) is 5.89 Å². The molecule has 212 valence electrons. The van der Waals surface area contributed by atoms with Crippen LogP contribution in [-0.2, 0) is 17.7 Å². The van der Waals surface area contributed by atoms with Crippen molar-refractivity contribution in [2.75, 3.05) is 13.1 Å². The lowest BCUT2D eigenvalue weighted by Crippen LogP contribution is -2.48. The number of aromatic nitrogens is 3. The van der Waals surface area contributed by atoms with E-state index in [9.17, 15) is 9.90 Å². The monoisotopic (exact) mass is 580 g/mol. The minimum atomic E-state index is -1.24. The Labute approximate surface area is 248 Å². The molecule has 3 heterocycles. The first-order valence-corrected chi connectivity index (χ1v) is 14.2. The second-order valence-corrected chi connectivity index (χ2v) is 11.0. The standard InChI is InChI=1S/C33H29ClN4O4/c34-29-19-27(12-13-28(29)25-6-2-1-3-7-25)31-36-30(37-42-31)26-10-8-23(9-11-26)22-38-17-14-33(15-18-38,41-32(39)40)20-24-5-4-16-35-21-24/h1-13,16,19,21H,14-15,17-18,20,22H2,(H,39,40). The quantitative estimate of drug-likeness (QED) is 0.190. The van der Waals surface area contributed by atoms with Crippen LogP contribution in [0.2, 0.25) is 5.02 Å². The molecule has 0 unspecified atom stereocenters. The Kier molecular flexibility index (Phi) is 7.99. The third-order valence-corrected chi connectivity index (χ3v) is 7.98. The number of piperidine rings is 1. The lowest BCUT2D eigenvalue weighted by atomic mass is 9.85. The number of nitrogens with zero attached hydrogens (tertiary/aromatic N) is 4. The normalized spacial score (nSPS) is 14.9. The fourth-order valence-electron chi connectivity index (χ4n) is 5.47. The smallest absolute Gasteiger partial charge is 0.450 e. The van der Waals surface area contributed by atoms with Gasteiger partial charge in [-0.1, -0.05) is 83.5 Å². The maximum atomic E-state index is 11.5. The summed E-state index contributed by atoms with van der Waals surface area (Å²) in [6.45, 7) is 2.21. The van der Waals surface area contributed by atoms with E-state index in [2.05, 4.69) is 32.2 Å². The molecular weight excluding hydrogens is 552 g/mol. The van der Waals surface area contributed by atoms with Crippen LogP contribution in [0.4, 0.5) is 4.79 Å². The van der Waals surface area contributed by atoms with E-state index < -0.39 is 11.8 Å². The van der Waals surface area contributed by atoms with Crippen molar-refractivity contribution in [1.29, 1.82) is 0 Å². The maximum absolute atomic E-state index is 11.5. The summed E-state index contributed by atoms with van der Waals surface area (Å²) in [6, 6.07) is 27.6. The van der Waals surface area contributed by atoms with Crippen molar-refractivity contribution in [3.05, 3.63) is 113 Å². The van der Waals surface area contributed by atoms with Gasteiger partial charge in [0.1, 0.15) is 5.60 Å². The number of carboxylic acid groups (broad SMARTS) is 1. The lowest BCUT2D eigenvalue weighted by Gasteiger charge is -2.40. The average molecular weight is 581 g/mol. The molecule has 1 saturated heterocycles. The summed E-state index contributed by atoms with van der Waals surface area (Å²) in [4.78, 5) is 22.6. The van der Waals surface area contributed by atoms with E-state index in [0.29, 0.717) is 36.0 Å². The minimum absolute atomic E-state index is 0.405. The van der Waals surface area contributed by atoms with Gasteiger partial charge in [-0.2, -0.15) is 4.98 Å². The molecule has 42 heavy (non-hydrogen) atoms. The van der Waals surface area contributed by atoms with Gasteiger partial charge >= 0.3 is 6.16 Å². The Bertz CT molecular complexity index is 1650. The number of rotatable bonds is 8. The largest absolute Gasteiger partial charge is 0.506 e. The molecule has 0 spiro atoms. The van der Waals surface area contributed by atoms with E-state index in [1.54, 1.807) is 12.4 Å². The van der Waals surface area contributed by atoms with Crippen molar-refractivity contribution < 1.29 is 19.2 Å². The molecule has 5 aromatic rings. The molecule has 0 radical (unpaired) electrons. The number of pyridine rings is 1. The SMILES string of the molecule is O=C(O)OC1(Cc2cccnc2)CCN(Cc2ccc(-c3noc(-c4ccc(-c5ccccc5)c(Cl)c4)n3)cc2)CC1. The Morgan fingerprint density at radius 1 is 0.929 bits per heavy atom. The van der Waals surface area contributed by atoms with Crippen LogP contribution in [-0.4, -0.2) is 50.0 Å². The van der Waals surface area contributed by atoms with Gasteiger partial charge in [0.2, 0.25) is 5.82 Å². The zero-order valence-corrected chi connectivity index (χ0v) is 23.6. The van der Waals surface area contributed by atoms with Crippen LogP contribution in [0, 0.1) is 0 Å². The van der Waals surface area contributed by atoms with E-state index in [1.807, 2.05) is 72.8 Å². The van der Waals surface area contributed by atoms with E-state index in [4.69, 9.17) is 20.9 Å². The van der Waals surface area contributed by atoms with Crippen molar-refractivity contribution in [3.63, 3.8) is 0 Å². The molecule has 0 aliphatic carbocycles. The summed E-state index contributed by atoms with van der Waals surface area (Å²) in [7, 11) is 0. The highest BCUT2D eigenvalue weighted by molar-refractivity contribution is 6.33. The van der Waals surface area contributed by atoms with Crippen molar-refractivity contribution in [1.82, 2.24) is 20.0 Å². The Balaban J connectivity index is 1.09. The predicted molar refractivity (Wildman–Crippen MR) is 160 cm³/mol. The zero-order valence-electron chi connectivity index (χ0n) is 22.8. The van der Waals surface area contributed by atoms with Gasteiger partial charge in [-0.25, -0.2) is 4.79 Å². The summed E-state index contributed by atoms with van der Waals surface area (Å²) in [5.41, 5.74) is 4.97. The molecule has 0 amide bonds. The number of hydrogen-bond donors (Lipinski definition) is 1. The van der Waals surface area contributed by atoms with Crippen LogP contribution in [0.3, 0.4) is 0 Å². The summed E-state index contributed by atoms with van der Waals surface area (Å²) in [5, 5.41) is 14.2. The van der Waals surface area contributed by atoms with E-state index in [1.165, 1.54) is 0 Å². The van der Waals surface area contributed by atoms with Crippen molar-refractivity contribution >= 4 is 17.8 Å². The first kappa shape index (κ1) is 27.6. The van der Waals surface area contributed by atoms with Gasteiger partial charge < -0.3 is 14.4 Å². The second kappa shape index (κ2) is 12.1. The van der Waals surface area contributed by atoms with Crippen molar-refractivity contribution in [3.8, 4) is 34.0 Å². The molecular formula is C33H29ClN4O4. The minimum Gasteiger partial charge on any atom is -0.450 e. The Morgan fingerprint density at radius 2 is 1.69 bits per heavy atom. The molecule has 3 aromatic carbocycles. The molecule has 6 rings (SSSR count). The molecule has 0 saturated carbocycles.